The number of carbonyl (C=O) groups is 2. The van der Waals surface area contributed by atoms with E-state index in [-0.39, 0.29) is 35.8 Å². The number of allylic oxidation sites excluding steroid dienone is 3. The van der Waals surface area contributed by atoms with E-state index in [1.165, 1.54) is 11.8 Å². The molecule has 2 amide bonds. The summed E-state index contributed by atoms with van der Waals surface area (Å²) in [6.45, 7) is 1.93. The van der Waals surface area contributed by atoms with Crippen molar-refractivity contribution in [2.24, 2.45) is 0 Å². The Balaban J connectivity index is 1.76. The fourth-order valence-electron chi connectivity index (χ4n) is 3.82. The third kappa shape index (κ3) is 5.34. The molecule has 2 fully saturated rings. The van der Waals surface area contributed by atoms with Crippen LogP contribution < -0.4 is 10.6 Å². The first kappa shape index (κ1) is 19.5. The van der Waals surface area contributed by atoms with E-state index in [0.717, 1.165) is 37.7 Å². The van der Waals surface area contributed by atoms with Gasteiger partial charge < -0.3 is 20.5 Å². The van der Waals surface area contributed by atoms with Gasteiger partial charge in [-0.25, -0.2) is 0 Å². The molecule has 2 bridgehead atoms. The van der Waals surface area contributed by atoms with Crippen molar-refractivity contribution in [3.05, 3.63) is 23.8 Å². The van der Waals surface area contributed by atoms with Crippen molar-refractivity contribution in [2.45, 2.75) is 75.8 Å². The predicted octanol–water partition coefficient (Wildman–Crippen LogP) is 2.63. The first-order valence-electron chi connectivity index (χ1n) is 9.39. The molecule has 0 radical (unpaired) electrons. The number of aliphatic hydroxyl groups is 1. The van der Waals surface area contributed by atoms with Gasteiger partial charge in [-0.2, -0.15) is 0 Å². The molecule has 3 rings (SSSR count). The quantitative estimate of drug-likeness (QED) is 0.609. The average molecular weight is 381 g/mol. The lowest BCUT2D eigenvalue weighted by Gasteiger charge is -2.43. The molecule has 2 saturated heterocycles. The van der Waals surface area contributed by atoms with E-state index in [0.29, 0.717) is 12.2 Å². The fourth-order valence-corrected chi connectivity index (χ4v) is 4.68. The van der Waals surface area contributed by atoms with Gasteiger partial charge in [0.05, 0.1) is 18.2 Å². The largest absolute Gasteiger partial charge is 0.372 e. The van der Waals surface area contributed by atoms with Crippen molar-refractivity contribution in [1.29, 1.82) is 0 Å². The van der Waals surface area contributed by atoms with Crippen LogP contribution in [-0.2, 0) is 9.53 Å². The molecule has 0 saturated carbocycles. The Bertz CT molecular complexity index is 606. The highest BCUT2D eigenvalue weighted by Gasteiger charge is 2.44. The number of hydrogen-bond donors (Lipinski definition) is 3. The van der Waals surface area contributed by atoms with Gasteiger partial charge >= 0.3 is 0 Å². The first-order chi connectivity index (χ1) is 12.4. The van der Waals surface area contributed by atoms with Crippen molar-refractivity contribution in [3.63, 3.8) is 0 Å². The number of fused-ring (bicyclic) bond motifs is 2. The molecule has 0 unspecified atom stereocenters. The summed E-state index contributed by atoms with van der Waals surface area (Å²) >= 11 is 1.24. The van der Waals surface area contributed by atoms with E-state index >= 15 is 0 Å². The lowest BCUT2D eigenvalue weighted by Crippen LogP contribution is -2.59. The van der Waals surface area contributed by atoms with Crippen molar-refractivity contribution in [3.8, 4) is 0 Å². The molecule has 144 valence electrons. The molecule has 4 atom stereocenters. The number of rotatable bonds is 1. The van der Waals surface area contributed by atoms with Crippen LogP contribution in [0.25, 0.3) is 0 Å². The van der Waals surface area contributed by atoms with Crippen LogP contribution in [0.1, 0.15) is 51.9 Å². The second-order valence-corrected chi connectivity index (χ2v) is 8.50. The van der Waals surface area contributed by atoms with Gasteiger partial charge in [0.2, 0.25) is 5.91 Å². The zero-order valence-electron chi connectivity index (χ0n) is 15.2. The molecular weight excluding hydrogens is 352 g/mol. The summed E-state index contributed by atoms with van der Waals surface area (Å²) in [6, 6.07) is -0.130. The molecule has 0 aromatic carbocycles. The highest BCUT2D eigenvalue weighted by molar-refractivity contribution is 8.13. The SMILES string of the molecule is CC1=CC(=O)N[C@@]2(O)C[C@@H](CCCC=CCC1)O[C@@H]([C@@H]1CSC(=O)N1)C2. The number of thioether (sulfide) groups is 1. The van der Waals surface area contributed by atoms with Crippen LogP contribution in [0.15, 0.2) is 23.8 Å². The summed E-state index contributed by atoms with van der Waals surface area (Å²) < 4.78 is 6.19. The van der Waals surface area contributed by atoms with Gasteiger partial charge in [0.15, 0.2) is 0 Å². The molecule has 6 nitrogen and oxygen atoms in total. The molecule has 3 heterocycles. The molecule has 0 spiro atoms. The Hall–Kier alpha value is -1.31. The summed E-state index contributed by atoms with van der Waals surface area (Å²) in [5, 5.41) is 16.7. The first-order valence-corrected chi connectivity index (χ1v) is 10.4. The Morgan fingerprint density at radius 1 is 1.27 bits per heavy atom. The second kappa shape index (κ2) is 8.59. The average Bonchev–Trinajstić information content (AvgIpc) is 2.98. The Morgan fingerprint density at radius 3 is 2.85 bits per heavy atom. The van der Waals surface area contributed by atoms with Gasteiger partial charge in [0.1, 0.15) is 5.72 Å². The Labute approximate surface area is 158 Å². The number of ether oxygens (including phenoxy) is 1. The third-order valence-electron chi connectivity index (χ3n) is 5.12. The van der Waals surface area contributed by atoms with E-state index < -0.39 is 5.72 Å². The highest BCUT2D eigenvalue weighted by Crippen LogP contribution is 2.33. The lowest BCUT2D eigenvalue weighted by atomic mass is 9.89. The molecule has 0 aliphatic carbocycles. The minimum Gasteiger partial charge on any atom is -0.372 e. The second-order valence-electron chi connectivity index (χ2n) is 7.51. The van der Waals surface area contributed by atoms with Crippen LogP contribution in [0.5, 0.6) is 0 Å². The van der Waals surface area contributed by atoms with Crippen LogP contribution in [0.3, 0.4) is 0 Å². The van der Waals surface area contributed by atoms with Gasteiger partial charge in [-0.1, -0.05) is 29.5 Å². The van der Waals surface area contributed by atoms with E-state index in [1.54, 1.807) is 6.08 Å². The maximum atomic E-state index is 12.4. The summed E-state index contributed by atoms with van der Waals surface area (Å²) in [7, 11) is 0. The van der Waals surface area contributed by atoms with E-state index in [9.17, 15) is 14.7 Å². The van der Waals surface area contributed by atoms with Gasteiger partial charge in [-0.3, -0.25) is 9.59 Å². The number of hydrogen-bond acceptors (Lipinski definition) is 5. The molecule has 26 heavy (non-hydrogen) atoms. The summed E-state index contributed by atoms with van der Waals surface area (Å²) in [5.41, 5.74) is -0.313. The normalized spacial score (nSPS) is 36.7. The van der Waals surface area contributed by atoms with E-state index in [1.807, 2.05) is 6.92 Å². The van der Waals surface area contributed by atoms with Crippen molar-refractivity contribution in [1.82, 2.24) is 10.6 Å². The molecule has 3 aliphatic heterocycles. The van der Waals surface area contributed by atoms with Crippen LogP contribution in [-0.4, -0.2) is 46.0 Å². The van der Waals surface area contributed by atoms with Crippen molar-refractivity contribution < 1.29 is 19.4 Å². The number of nitrogens with one attached hydrogen (secondary N) is 2. The van der Waals surface area contributed by atoms with Crippen LogP contribution >= 0.6 is 11.8 Å². The van der Waals surface area contributed by atoms with Gasteiger partial charge in [-0.05, 0) is 39.0 Å². The molecule has 3 aliphatic rings. The van der Waals surface area contributed by atoms with Crippen LogP contribution in [0, 0.1) is 0 Å². The maximum Gasteiger partial charge on any atom is 0.279 e. The Morgan fingerprint density at radius 2 is 2.08 bits per heavy atom. The molecule has 7 heteroatoms. The summed E-state index contributed by atoms with van der Waals surface area (Å²) in [6.07, 6.45) is 10.7. The molecule has 3 N–H and O–H groups in total. The minimum absolute atomic E-state index is 0.0564. The maximum absolute atomic E-state index is 12.4. The molecular formula is C19H28N2O4S. The minimum atomic E-state index is -1.31. The van der Waals surface area contributed by atoms with E-state index in [4.69, 9.17) is 4.74 Å². The van der Waals surface area contributed by atoms with Crippen molar-refractivity contribution >= 4 is 22.9 Å². The summed E-state index contributed by atoms with van der Waals surface area (Å²) in [4.78, 5) is 23.9. The predicted molar refractivity (Wildman–Crippen MR) is 102 cm³/mol. The van der Waals surface area contributed by atoms with Crippen molar-refractivity contribution in [2.75, 3.05) is 5.75 Å². The van der Waals surface area contributed by atoms with Crippen LogP contribution in [0.4, 0.5) is 4.79 Å². The zero-order chi connectivity index (χ0) is 18.6. The Kier molecular flexibility index (Phi) is 6.42. The number of amides is 2. The monoisotopic (exact) mass is 380 g/mol. The standard InChI is InChI=1S/C19H28N2O4S/c1-13-7-5-3-2-4-6-8-14-10-19(24,21-17(22)9-13)11-16(25-14)15-12-26-18(23)20-15/h2-3,9,14-16,24H,4-8,10-12H2,1H3,(H,20,23)(H,21,22)/t14-,15+,16-,19-/m1/s1. The van der Waals surface area contributed by atoms with Crippen LogP contribution in [0.2, 0.25) is 0 Å². The topological polar surface area (TPSA) is 87.7 Å². The van der Waals surface area contributed by atoms with Gasteiger partial charge in [-0.15, -0.1) is 0 Å². The number of carbonyl (C=O) groups excluding carboxylic acids is 2. The third-order valence-corrected chi connectivity index (χ3v) is 6.03. The zero-order valence-corrected chi connectivity index (χ0v) is 16.0. The molecule has 0 aromatic rings. The smallest absolute Gasteiger partial charge is 0.279 e. The summed E-state index contributed by atoms with van der Waals surface area (Å²) in [5.74, 6) is 0.359. The highest BCUT2D eigenvalue weighted by atomic mass is 32.2. The fraction of sp³-hybridized carbons (Fsp3) is 0.684. The lowest BCUT2D eigenvalue weighted by molar-refractivity contribution is -0.168. The van der Waals surface area contributed by atoms with Gasteiger partial charge in [0, 0.05) is 24.7 Å². The van der Waals surface area contributed by atoms with E-state index in [2.05, 4.69) is 22.8 Å². The van der Waals surface area contributed by atoms with Gasteiger partial charge in [0.25, 0.3) is 5.24 Å². The molecule has 0 aromatic heterocycles.